The van der Waals surface area contributed by atoms with Crippen LogP contribution in [0.3, 0.4) is 0 Å². The summed E-state index contributed by atoms with van der Waals surface area (Å²) in [7, 11) is 0. The van der Waals surface area contributed by atoms with Gasteiger partial charge < -0.3 is 25.8 Å². The van der Waals surface area contributed by atoms with Crippen molar-refractivity contribution < 1.29 is 28.7 Å². The van der Waals surface area contributed by atoms with Crippen LogP contribution < -0.4 is 16.4 Å². The van der Waals surface area contributed by atoms with Crippen LogP contribution in [-0.4, -0.2) is 41.6 Å². The Morgan fingerprint density at radius 2 is 1.68 bits per heavy atom. The van der Waals surface area contributed by atoms with E-state index in [1.807, 2.05) is 6.07 Å². The molecule has 0 saturated carbocycles. The molecular formula is C19H27N3O6. The molecule has 0 heterocycles. The van der Waals surface area contributed by atoms with Gasteiger partial charge in [0.1, 0.15) is 24.3 Å². The van der Waals surface area contributed by atoms with Crippen molar-refractivity contribution in [3.05, 3.63) is 35.9 Å². The summed E-state index contributed by atoms with van der Waals surface area (Å²) in [6.45, 7) is 6.39. The smallest absolute Gasteiger partial charge is 0.408 e. The zero-order valence-electron chi connectivity index (χ0n) is 16.5. The van der Waals surface area contributed by atoms with Gasteiger partial charge in [-0.1, -0.05) is 30.3 Å². The number of benzene rings is 1. The number of rotatable bonds is 8. The highest BCUT2D eigenvalue weighted by molar-refractivity contribution is 5.92. The standard InChI is InChI=1S/C19H27N3O6/c1-12(16(20)24)21-17(25)14(22-18(26)28-19(2,3)4)10-15(23)27-11-13-8-6-5-7-9-13/h5-9,12,14H,10-11H2,1-4H3,(H2,20,24)(H,21,25)(H,22,26)/t12-,14-/m0/s1. The predicted molar refractivity (Wildman–Crippen MR) is 101 cm³/mol. The number of primary amides is 1. The van der Waals surface area contributed by atoms with Gasteiger partial charge in [0.2, 0.25) is 11.8 Å². The first kappa shape index (κ1) is 22.9. The lowest BCUT2D eigenvalue weighted by molar-refractivity contribution is -0.147. The van der Waals surface area contributed by atoms with Gasteiger partial charge in [-0.15, -0.1) is 0 Å². The third-order valence-electron chi connectivity index (χ3n) is 3.41. The fourth-order valence-electron chi connectivity index (χ4n) is 2.01. The summed E-state index contributed by atoms with van der Waals surface area (Å²) >= 11 is 0. The number of nitrogens with two attached hydrogens (primary N) is 1. The first-order chi connectivity index (χ1) is 13.0. The number of amides is 3. The Morgan fingerprint density at radius 1 is 1.07 bits per heavy atom. The number of carbonyl (C=O) groups is 4. The van der Waals surface area contributed by atoms with Gasteiger partial charge in [0, 0.05) is 0 Å². The zero-order chi connectivity index (χ0) is 21.3. The summed E-state index contributed by atoms with van der Waals surface area (Å²) in [6.07, 6.45) is -1.32. The van der Waals surface area contributed by atoms with Gasteiger partial charge in [0.15, 0.2) is 0 Å². The predicted octanol–water partition coefficient (Wildman–Crippen LogP) is 1.00. The van der Waals surface area contributed by atoms with Crippen molar-refractivity contribution in [3.63, 3.8) is 0 Å². The lowest BCUT2D eigenvalue weighted by Gasteiger charge is -2.23. The van der Waals surface area contributed by atoms with Crippen LogP contribution >= 0.6 is 0 Å². The Labute approximate surface area is 163 Å². The second-order valence-corrected chi connectivity index (χ2v) is 7.18. The summed E-state index contributed by atoms with van der Waals surface area (Å²) in [5.74, 6) is -2.21. The molecule has 1 rings (SSSR count). The van der Waals surface area contributed by atoms with E-state index in [0.717, 1.165) is 5.56 Å². The molecule has 1 aromatic rings. The molecule has 0 aromatic heterocycles. The second-order valence-electron chi connectivity index (χ2n) is 7.18. The van der Waals surface area contributed by atoms with E-state index in [1.165, 1.54) is 6.92 Å². The molecule has 0 aliphatic carbocycles. The molecule has 0 spiro atoms. The van der Waals surface area contributed by atoms with Crippen LogP contribution in [-0.2, 0) is 30.5 Å². The Balaban J connectivity index is 2.75. The minimum absolute atomic E-state index is 0.0259. The van der Waals surface area contributed by atoms with E-state index in [-0.39, 0.29) is 6.61 Å². The number of carbonyl (C=O) groups excluding carboxylic acids is 4. The van der Waals surface area contributed by atoms with E-state index in [0.29, 0.717) is 0 Å². The monoisotopic (exact) mass is 393 g/mol. The average molecular weight is 393 g/mol. The van der Waals surface area contributed by atoms with E-state index in [9.17, 15) is 19.2 Å². The number of hydrogen-bond donors (Lipinski definition) is 3. The van der Waals surface area contributed by atoms with Crippen molar-refractivity contribution in [2.24, 2.45) is 5.73 Å². The molecule has 154 valence electrons. The third-order valence-corrected chi connectivity index (χ3v) is 3.41. The SMILES string of the molecule is C[C@H](NC(=O)[C@H](CC(=O)OCc1ccccc1)NC(=O)OC(C)(C)C)C(N)=O. The highest BCUT2D eigenvalue weighted by atomic mass is 16.6. The Kier molecular flexibility index (Phi) is 8.43. The summed E-state index contributed by atoms with van der Waals surface area (Å²) in [6, 6.07) is 6.73. The van der Waals surface area contributed by atoms with E-state index < -0.39 is 48.0 Å². The maximum absolute atomic E-state index is 12.4. The van der Waals surface area contributed by atoms with Crippen molar-refractivity contribution >= 4 is 23.9 Å². The van der Waals surface area contributed by atoms with E-state index in [1.54, 1.807) is 45.0 Å². The summed E-state index contributed by atoms with van der Waals surface area (Å²) < 4.78 is 10.2. The molecule has 0 aliphatic rings. The quantitative estimate of drug-likeness (QED) is 0.564. The van der Waals surface area contributed by atoms with Crippen LogP contribution in [0, 0.1) is 0 Å². The number of nitrogens with one attached hydrogen (secondary N) is 2. The van der Waals surface area contributed by atoms with Crippen LogP contribution in [0.1, 0.15) is 39.7 Å². The van der Waals surface area contributed by atoms with Gasteiger partial charge >= 0.3 is 12.1 Å². The average Bonchev–Trinajstić information content (AvgIpc) is 2.58. The number of hydrogen-bond acceptors (Lipinski definition) is 6. The first-order valence-electron chi connectivity index (χ1n) is 8.76. The Bertz CT molecular complexity index is 699. The molecule has 0 saturated heterocycles. The van der Waals surface area contributed by atoms with Crippen LogP contribution in [0.4, 0.5) is 4.79 Å². The number of esters is 1. The van der Waals surface area contributed by atoms with Gasteiger partial charge in [-0.25, -0.2) is 4.79 Å². The van der Waals surface area contributed by atoms with Crippen molar-refractivity contribution in [2.45, 2.75) is 58.4 Å². The molecule has 0 radical (unpaired) electrons. The van der Waals surface area contributed by atoms with E-state index >= 15 is 0 Å². The molecule has 0 bridgehead atoms. The molecule has 0 fully saturated rings. The summed E-state index contributed by atoms with van der Waals surface area (Å²) in [5.41, 5.74) is 5.11. The zero-order valence-corrected chi connectivity index (χ0v) is 16.5. The largest absolute Gasteiger partial charge is 0.461 e. The number of alkyl carbamates (subject to hydrolysis) is 1. The normalized spacial score (nSPS) is 13.0. The lowest BCUT2D eigenvalue weighted by Crippen LogP contribution is -2.53. The summed E-state index contributed by atoms with van der Waals surface area (Å²) in [5, 5.41) is 4.66. The molecule has 4 N–H and O–H groups in total. The molecule has 9 nitrogen and oxygen atoms in total. The van der Waals surface area contributed by atoms with Gasteiger partial charge in [0.25, 0.3) is 0 Å². The first-order valence-corrected chi connectivity index (χ1v) is 8.76. The third kappa shape index (κ3) is 9.02. The minimum atomic E-state index is -1.29. The maximum atomic E-state index is 12.4. The van der Waals surface area contributed by atoms with Crippen LogP contribution in [0.25, 0.3) is 0 Å². The van der Waals surface area contributed by atoms with Gasteiger partial charge in [0.05, 0.1) is 6.42 Å². The van der Waals surface area contributed by atoms with Crippen LogP contribution in [0.2, 0.25) is 0 Å². The van der Waals surface area contributed by atoms with Gasteiger partial charge in [-0.2, -0.15) is 0 Å². The lowest BCUT2D eigenvalue weighted by atomic mass is 10.1. The fraction of sp³-hybridized carbons (Fsp3) is 0.474. The summed E-state index contributed by atoms with van der Waals surface area (Å²) in [4.78, 5) is 47.7. The molecule has 3 amide bonds. The molecule has 0 aliphatic heterocycles. The van der Waals surface area contributed by atoms with Crippen LogP contribution in [0.5, 0.6) is 0 Å². The molecule has 2 atom stereocenters. The molecular weight excluding hydrogens is 366 g/mol. The van der Waals surface area contributed by atoms with Gasteiger partial charge in [-0.05, 0) is 33.3 Å². The Hall–Kier alpha value is -3.10. The van der Waals surface area contributed by atoms with Gasteiger partial charge in [-0.3, -0.25) is 14.4 Å². The topological polar surface area (TPSA) is 137 Å². The number of ether oxygens (including phenoxy) is 2. The van der Waals surface area contributed by atoms with Crippen molar-refractivity contribution in [1.82, 2.24) is 10.6 Å². The molecule has 9 heteroatoms. The van der Waals surface area contributed by atoms with E-state index in [2.05, 4.69) is 10.6 Å². The molecule has 1 aromatic carbocycles. The van der Waals surface area contributed by atoms with Crippen molar-refractivity contribution in [1.29, 1.82) is 0 Å². The second kappa shape index (κ2) is 10.3. The Morgan fingerprint density at radius 3 is 2.21 bits per heavy atom. The van der Waals surface area contributed by atoms with E-state index in [4.69, 9.17) is 15.2 Å². The maximum Gasteiger partial charge on any atom is 0.408 e. The highest BCUT2D eigenvalue weighted by Gasteiger charge is 2.28. The highest BCUT2D eigenvalue weighted by Crippen LogP contribution is 2.08. The molecule has 28 heavy (non-hydrogen) atoms. The van der Waals surface area contributed by atoms with Crippen molar-refractivity contribution in [2.75, 3.05) is 0 Å². The molecule has 0 unspecified atom stereocenters. The minimum Gasteiger partial charge on any atom is -0.461 e. The van der Waals surface area contributed by atoms with Crippen molar-refractivity contribution in [3.8, 4) is 0 Å². The van der Waals surface area contributed by atoms with Crippen LogP contribution in [0.15, 0.2) is 30.3 Å². The fourth-order valence-corrected chi connectivity index (χ4v) is 2.01.